The quantitative estimate of drug-likeness (QED) is 0.817. The molecule has 0 fully saturated rings. The van der Waals surface area contributed by atoms with Crippen molar-refractivity contribution in [3.05, 3.63) is 34.4 Å². The SMILES string of the molecule is Cc1cc(C)c(-c2nn(C)c(N)c2C)c(C)c1. The third-order valence-corrected chi connectivity index (χ3v) is 3.25. The Labute approximate surface area is 102 Å². The number of anilines is 1. The van der Waals surface area contributed by atoms with Gasteiger partial charge in [0.2, 0.25) is 0 Å². The molecule has 0 bridgehead atoms. The van der Waals surface area contributed by atoms with Crippen molar-refractivity contribution < 1.29 is 0 Å². The number of benzene rings is 1. The van der Waals surface area contributed by atoms with Crippen LogP contribution in [0.2, 0.25) is 0 Å². The fourth-order valence-electron chi connectivity index (χ4n) is 2.43. The summed E-state index contributed by atoms with van der Waals surface area (Å²) in [4.78, 5) is 0. The highest BCUT2D eigenvalue weighted by molar-refractivity contribution is 5.73. The van der Waals surface area contributed by atoms with Gasteiger partial charge in [0, 0.05) is 18.2 Å². The molecule has 0 spiro atoms. The molecule has 2 rings (SSSR count). The van der Waals surface area contributed by atoms with E-state index in [0.29, 0.717) is 0 Å². The van der Waals surface area contributed by atoms with Gasteiger partial charge in [0.15, 0.2) is 0 Å². The Hall–Kier alpha value is -1.77. The van der Waals surface area contributed by atoms with Crippen LogP contribution in [-0.4, -0.2) is 9.78 Å². The van der Waals surface area contributed by atoms with E-state index in [-0.39, 0.29) is 0 Å². The molecule has 2 aromatic rings. The lowest BCUT2D eigenvalue weighted by Crippen LogP contribution is -1.97. The Bertz CT molecular complexity index is 556. The second-order valence-corrected chi connectivity index (χ2v) is 4.76. The highest BCUT2D eigenvalue weighted by atomic mass is 15.3. The molecule has 17 heavy (non-hydrogen) atoms. The zero-order chi connectivity index (χ0) is 12.7. The highest BCUT2D eigenvalue weighted by Gasteiger charge is 2.15. The number of hydrogen-bond acceptors (Lipinski definition) is 2. The van der Waals surface area contributed by atoms with E-state index in [1.54, 1.807) is 4.68 Å². The minimum absolute atomic E-state index is 0.736. The first kappa shape index (κ1) is 11.7. The van der Waals surface area contributed by atoms with E-state index in [1.807, 2.05) is 14.0 Å². The molecule has 2 N–H and O–H groups in total. The molecule has 1 aromatic carbocycles. The number of nitrogens with two attached hydrogens (primary N) is 1. The second kappa shape index (κ2) is 3.91. The van der Waals surface area contributed by atoms with Gasteiger partial charge in [0.05, 0.1) is 5.69 Å². The lowest BCUT2D eigenvalue weighted by Gasteiger charge is -2.09. The van der Waals surface area contributed by atoms with Crippen LogP contribution in [0, 0.1) is 27.7 Å². The summed E-state index contributed by atoms with van der Waals surface area (Å²) in [7, 11) is 1.88. The van der Waals surface area contributed by atoms with Gasteiger partial charge in [-0.1, -0.05) is 17.7 Å². The first-order valence-electron chi connectivity index (χ1n) is 5.79. The number of aryl methyl sites for hydroxylation is 4. The zero-order valence-electron chi connectivity index (χ0n) is 11.1. The van der Waals surface area contributed by atoms with Crippen LogP contribution < -0.4 is 5.73 Å². The number of hydrogen-bond donors (Lipinski definition) is 1. The molecule has 0 unspecified atom stereocenters. The Morgan fingerprint density at radius 2 is 1.59 bits per heavy atom. The number of rotatable bonds is 1. The molecule has 0 atom stereocenters. The van der Waals surface area contributed by atoms with Gasteiger partial charge in [-0.15, -0.1) is 0 Å². The number of nitrogens with zero attached hydrogens (tertiary/aromatic N) is 2. The normalized spacial score (nSPS) is 10.9. The molecule has 1 aromatic heterocycles. The predicted octanol–water partition coefficient (Wildman–Crippen LogP) is 2.90. The predicted molar refractivity (Wildman–Crippen MR) is 72.0 cm³/mol. The largest absolute Gasteiger partial charge is 0.384 e. The van der Waals surface area contributed by atoms with E-state index < -0.39 is 0 Å². The van der Waals surface area contributed by atoms with Crippen LogP contribution in [0.3, 0.4) is 0 Å². The van der Waals surface area contributed by atoms with Gasteiger partial charge < -0.3 is 5.73 Å². The Morgan fingerprint density at radius 1 is 1.06 bits per heavy atom. The first-order valence-corrected chi connectivity index (χ1v) is 5.79. The van der Waals surface area contributed by atoms with Gasteiger partial charge >= 0.3 is 0 Å². The summed E-state index contributed by atoms with van der Waals surface area (Å²) in [5.74, 6) is 0.736. The van der Waals surface area contributed by atoms with Gasteiger partial charge in [-0.05, 0) is 38.8 Å². The maximum Gasteiger partial charge on any atom is 0.124 e. The minimum Gasteiger partial charge on any atom is -0.384 e. The lowest BCUT2D eigenvalue weighted by molar-refractivity contribution is 0.781. The topological polar surface area (TPSA) is 43.8 Å². The molecular formula is C14H19N3. The molecular weight excluding hydrogens is 210 g/mol. The van der Waals surface area contributed by atoms with Crippen LogP contribution in [0.1, 0.15) is 22.3 Å². The summed E-state index contributed by atoms with van der Waals surface area (Å²) in [6.07, 6.45) is 0. The van der Waals surface area contributed by atoms with Crippen LogP contribution in [0.25, 0.3) is 11.3 Å². The minimum atomic E-state index is 0.736. The number of aromatic nitrogens is 2. The molecule has 0 amide bonds. The van der Waals surface area contributed by atoms with E-state index in [0.717, 1.165) is 17.1 Å². The summed E-state index contributed by atoms with van der Waals surface area (Å²) >= 11 is 0. The van der Waals surface area contributed by atoms with Crippen molar-refractivity contribution in [3.63, 3.8) is 0 Å². The molecule has 0 radical (unpaired) electrons. The summed E-state index contributed by atoms with van der Waals surface area (Å²) in [5, 5.41) is 4.52. The van der Waals surface area contributed by atoms with Crippen molar-refractivity contribution in [1.82, 2.24) is 9.78 Å². The summed E-state index contributed by atoms with van der Waals surface area (Å²) in [6, 6.07) is 4.37. The van der Waals surface area contributed by atoms with E-state index in [1.165, 1.54) is 22.3 Å². The third-order valence-electron chi connectivity index (χ3n) is 3.25. The van der Waals surface area contributed by atoms with E-state index in [2.05, 4.69) is 38.0 Å². The maximum absolute atomic E-state index is 5.97. The Kier molecular flexibility index (Phi) is 2.69. The molecule has 0 saturated carbocycles. The molecule has 0 aliphatic carbocycles. The molecule has 0 saturated heterocycles. The highest BCUT2D eigenvalue weighted by Crippen LogP contribution is 2.31. The number of nitrogen functional groups attached to an aromatic ring is 1. The van der Waals surface area contributed by atoms with Gasteiger partial charge in [0.1, 0.15) is 5.82 Å². The molecule has 3 nitrogen and oxygen atoms in total. The van der Waals surface area contributed by atoms with Crippen molar-refractivity contribution in [2.45, 2.75) is 27.7 Å². The zero-order valence-corrected chi connectivity index (χ0v) is 11.1. The van der Waals surface area contributed by atoms with Crippen molar-refractivity contribution in [3.8, 4) is 11.3 Å². The molecule has 0 aliphatic rings. The van der Waals surface area contributed by atoms with Gasteiger partial charge in [0.25, 0.3) is 0 Å². The second-order valence-electron chi connectivity index (χ2n) is 4.76. The lowest BCUT2D eigenvalue weighted by atomic mass is 9.96. The van der Waals surface area contributed by atoms with Crippen LogP contribution in [0.4, 0.5) is 5.82 Å². The average molecular weight is 229 g/mol. The smallest absolute Gasteiger partial charge is 0.124 e. The average Bonchev–Trinajstić information content (AvgIpc) is 2.45. The third kappa shape index (κ3) is 1.82. The maximum atomic E-state index is 5.97. The first-order chi connectivity index (χ1) is 7.91. The van der Waals surface area contributed by atoms with Gasteiger partial charge in [-0.3, -0.25) is 4.68 Å². The van der Waals surface area contributed by atoms with Crippen molar-refractivity contribution in [2.24, 2.45) is 7.05 Å². The van der Waals surface area contributed by atoms with Crippen LogP contribution in [0.5, 0.6) is 0 Å². The summed E-state index contributed by atoms with van der Waals surface area (Å²) in [5.41, 5.74) is 13.0. The Morgan fingerprint density at radius 3 is 2.00 bits per heavy atom. The fraction of sp³-hybridized carbons (Fsp3) is 0.357. The van der Waals surface area contributed by atoms with Crippen LogP contribution in [0.15, 0.2) is 12.1 Å². The van der Waals surface area contributed by atoms with E-state index >= 15 is 0 Å². The standard InChI is InChI=1S/C14H19N3/c1-8-6-9(2)12(10(3)7-8)13-11(4)14(15)17(5)16-13/h6-7H,15H2,1-5H3. The molecule has 3 heteroatoms. The van der Waals surface area contributed by atoms with Crippen molar-refractivity contribution >= 4 is 5.82 Å². The van der Waals surface area contributed by atoms with Crippen molar-refractivity contribution in [2.75, 3.05) is 5.73 Å². The molecule has 90 valence electrons. The monoisotopic (exact) mass is 229 g/mol. The van der Waals surface area contributed by atoms with Crippen LogP contribution >= 0.6 is 0 Å². The summed E-state index contributed by atoms with van der Waals surface area (Å²) in [6.45, 7) is 8.39. The van der Waals surface area contributed by atoms with Gasteiger partial charge in [-0.25, -0.2) is 0 Å². The fourth-order valence-corrected chi connectivity index (χ4v) is 2.43. The molecule has 1 heterocycles. The van der Waals surface area contributed by atoms with Gasteiger partial charge in [-0.2, -0.15) is 5.10 Å². The van der Waals surface area contributed by atoms with Crippen molar-refractivity contribution in [1.29, 1.82) is 0 Å². The molecule has 0 aliphatic heterocycles. The van der Waals surface area contributed by atoms with Crippen LogP contribution in [-0.2, 0) is 7.05 Å². The Balaban J connectivity index is 2.73. The van der Waals surface area contributed by atoms with E-state index in [4.69, 9.17) is 5.73 Å². The van der Waals surface area contributed by atoms with E-state index in [9.17, 15) is 0 Å². The summed E-state index contributed by atoms with van der Waals surface area (Å²) < 4.78 is 1.74.